The molecule has 2 aromatic carbocycles. The van der Waals surface area contributed by atoms with E-state index in [4.69, 9.17) is 4.74 Å². The van der Waals surface area contributed by atoms with E-state index in [-0.39, 0.29) is 28.0 Å². The first kappa shape index (κ1) is 23.2. The van der Waals surface area contributed by atoms with Crippen LogP contribution < -0.4 is 9.46 Å². The number of ether oxygens (including phenoxy) is 1. The lowest BCUT2D eigenvalue weighted by molar-refractivity contribution is 0.416. The van der Waals surface area contributed by atoms with E-state index >= 15 is 0 Å². The van der Waals surface area contributed by atoms with Gasteiger partial charge in [0, 0.05) is 13.1 Å². The van der Waals surface area contributed by atoms with E-state index in [9.17, 15) is 16.8 Å². The maximum absolute atomic E-state index is 12.8. The minimum atomic E-state index is -3.75. The van der Waals surface area contributed by atoms with Gasteiger partial charge in [-0.05, 0) is 29.7 Å². The van der Waals surface area contributed by atoms with Gasteiger partial charge in [-0.25, -0.2) is 16.8 Å². The van der Waals surface area contributed by atoms with Crippen LogP contribution in [-0.4, -0.2) is 47.1 Å². The van der Waals surface area contributed by atoms with Gasteiger partial charge >= 0.3 is 0 Å². The third kappa shape index (κ3) is 5.71. The Kier molecular flexibility index (Phi) is 7.67. The molecule has 0 aromatic heterocycles. The van der Waals surface area contributed by atoms with Crippen molar-refractivity contribution >= 4 is 25.7 Å². The van der Waals surface area contributed by atoms with Crippen LogP contribution in [0.3, 0.4) is 0 Å². The van der Waals surface area contributed by atoms with E-state index in [2.05, 4.69) is 4.72 Å². The maximum Gasteiger partial charge on any atom is 0.243 e. The first-order valence-corrected chi connectivity index (χ1v) is 12.5. The zero-order valence-electron chi connectivity index (χ0n) is 17.1. The number of benzene rings is 2. The lowest BCUT2D eigenvalue weighted by Gasteiger charge is -2.20. The zero-order chi connectivity index (χ0) is 21.7. The number of rotatable bonds is 10. The SMILES string of the molecule is CCN(CC)S(=O)(=O)c1ccc(OC)c(NS(=O)(=O)CC(C)c2ccccc2)c1. The monoisotopic (exact) mass is 440 g/mol. The Labute approximate surface area is 173 Å². The van der Waals surface area contributed by atoms with Crippen LogP contribution in [0, 0.1) is 0 Å². The van der Waals surface area contributed by atoms with Crippen LogP contribution >= 0.6 is 0 Å². The van der Waals surface area contributed by atoms with Gasteiger partial charge in [-0.2, -0.15) is 4.31 Å². The van der Waals surface area contributed by atoms with Crippen molar-refractivity contribution in [1.82, 2.24) is 4.31 Å². The normalized spacial score (nSPS) is 13.3. The summed E-state index contributed by atoms with van der Waals surface area (Å²) >= 11 is 0. The number of hydrogen-bond acceptors (Lipinski definition) is 5. The summed E-state index contributed by atoms with van der Waals surface area (Å²) < 4.78 is 60.1. The standard InChI is InChI=1S/C20H28N2O5S2/c1-5-22(6-2)29(25,26)18-12-13-20(27-4)19(14-18)21-28(23,24)15-16(3)17-10-8-7-9-11-17/h7-14,16,21H,5-6,15H2,1-4H3. The summed E-state index contributed by atoms with van der Waals surface area (Å²) in [7, 11) is -6.07. The van der Waals surface area contributed by atoms with Crippen molar-refractivity contribution in [1.29, 1.82) is 0 Å². The molecule has 0 saturated heterocycles. The topological polar surface area (TPSA) is 92.8 Å². The van der Waals surface area contributed by atoms with Crippen LogP contribution in [0.2, 0.25) is 0 Å². The molecular weight excluding hydrogens is 412 g/mol. The van der Waals surface area contributed by atoms with Gasteiger partial charge in [0.25, 0.3) is 0 Å². The quantitative estimate of drug-likeness (QED) is 0.612. The third-order valence-corrected chi connectivity index (χ3v) is 8.13. The molecule has 2 aromatic rings. The van der Waals surface area contributed by atoms with E-state index in [1.54, 1.807) is 13.8 Å². The second-order valence-electron chi connectivity index (χ2n) is 6.65. The number of anilines is 1. The van der Waals surface area contributed by atoms with Crippen molar-refractivity contribution in [2.45, 2.75) is 31.6 Å². The first-order valence-electron chi connectivity index (χ1n) is 9.38. The molecular formula is C20H28N2O5S2. The van der Waals surface area contributed by atoms with Gasteiger partial charge in [0.15, 0.2) is 0 Å². The molecule has 7 nitrogen and oxygen atoms in total. The molecule has 2 rings (SSSR count). The lowest BCUT2D eigenvalue weighted by Crippen LogP contribution is -2.30. The highest BCUT2D eigenvalue weighted by Crippen LogP contribution is 2.30. The highest BCUT2D eigenvalue weighted by Gasteiger charge is 2.24. The Morgan fingerprint density at radius 3 is 2.17 bits per heavy atom. The molecule has 0 heterocycles. The molecule has 1 N–H and O–H groups in total. The molecule has 29 heavy (non-hydrogen) atoms. The largest absolute Gasteiger partial charge is 0.495 e. The summed E-state index contributed by atoms with van der Waals surface area (Å²) in [5.74, 6) is -0.130. The van der Waals surface area contributed by atoms with Gasteiger partial charge in [-0.3, -0.25) is 4.72 Å². The second-order valence-corrected chi connectivity index (χ2v) is 10.4. The molecule has 0 aliphatic heterocycles. The molecule has 9 heteroatoms. The van der Waals surface area contributed by atoms with Gasteiger partial charge in [0.05, 0.1) is 23.4 Å². The number of methoxy groups -OCH3 is 1. The van der Waals surface area contributed by atoms with Gasteiger partial charge in [-0.1, -0.05) is 51.1 Å². The molecule has 0 bridgehead atoms. The van der Waals surface area contributed by atoms with Crippen molar-refractivity contribution in [3.05, 3.63) is 54.1 Å². The Morgan fingerprint density at radius 2 is 1.62 bits per heavy atom. The van der Waals surface area contributed by atoms with Crippen LogP contribution in [0.15, 0.2) is 53.4 Å². The lowest BCUT2D eigenvalue weighted by atomic mass is 10.0. The fourth-order valence-electron chi connectivity index (χ4n) is 3.06. The highest BCUT2D eigenvalue weighted by molar-refractivity contribution is 7.92. The molecule has 0 spiro atoms. The van der Waals surface area contributed by atoms with Crippen LogP contribution in [0.25, 0.3) is 0 Å². The van der Waals surface area contributed by atoms with E-state index in [1.807, 2.05) is 37.3 Å². The number of sulfonamides is 2. The average Bonchev–Trinajstić information content (AvgIpc) is 2.68. The number of hydrogen-bond donors (Lipinski definition) is 1. The summed E-state index contributed by atoms with van der Waals surface area (Å²) in [5.41, 5.74) is 1.00. The van der Waals surface area contributed by atoms with Crippen molar-refractivity contribution in [3.63, 3.8) is 0 Å². The van der Waals surface area contributed by atoms with Crippen molar-refractivity contribution in [2.24, 2.45) is 0 Å². The predicted octanol–water partition coefficient (Wildman–Crippen LogP) is 3.27. The van der Waals surface area contributed by atoms with Crippen molar-refractivity contribution < 1.29 is 21.6 Å². The summed E-state index contributed by atoms with van der Waals surface area (Å²) in [4.78, 5) is 0.0100. The van der Waals surface area contributed by atoms with Crippen molar-refractivity contribution in [3.8, 4) is 5.75 Å². The molecule has 1 unspecified atom stereocenters. The van der Waals surface area contributed by atoms with Crippen molar-refractivity contribution in [2.75, 3.05) is 30.7 Å². The fourth-order valence-corrected chi connectivity index (χ4v) is 5.97. The summed E-state index contributed by atoms with van der Waals surface area (Å²) in [6, 6.07) is 13.5. The number of nitrogens with one attached hydrogen (secondary N) is 1. The van der Waals surface area contributed by atoms with Gasteiger partial charge in [0.2, 0.25) is 20.0 Å². The Hall–Kier alpha value is -2.10. The van der Waals surface area contributed by atoms with E-state index in [1.165, 1.54) is 29.6 Å². The summed E-state index contributed by atoms with van der Waals surface area (Å²) in [6.07, 6.45) is 0. The first-order chi connectivity index (χ1) is 13.6. The Bertz CT molecular complexity index is 1020. The Balaban J connectivity index is 2.33. The molecule has 0 fully saturated rings. The third-order valence-electron chi connectivity index (χ3n) is 4.62. The molecule has 0 radical (unpaired) electrons. The van der Waals surface area contributed by atoms with Gasteiger partial charge in [-0.15, -0.1) is 0 Å². The van der Waals surface area contributed by atoms with Gasteiger partial charge < -0.3 is 4.74 Å². The highest BCUT2D eigenvalue weighted by atomic mass is 32.2. The van der Waals surface area contributed by atoms with Crippen LogP contribution in [0.5, 0.6) is 5.75 Å². The molecule has 0 aliphatic carbocycles. The second kappa shape index (κ2) is 9.60. The Morgan fingerprint density at radius 1 is 1.00 bits per heavy atom. The molecule has 0 saturated carbocycles. The summed E-state index contributed by atoms with van der Waals surface area (Å²) in [6.45, 7) is 5.96. The number of nitrogens with zero attached hydrogens (tertiary/aromatic N) is 1. The molecule has 0 aliphatic rings. The minimum absolute atomic E-state index is 0.0100. The molecule has 1 atom stereocenters. The fraction of sp³-hybridized carbons (Fsp3) is 0.400. The van der Waals surface area contributed by atoms with E-state index < -0.39 is 20.0 Å². The molecule has 0 amide bonds. The predicted molar refractivity (Wildman–Crippen MR) is 115 cm³/mol. The van der Waals surface area contributed by atoms with E-state index in [0.29, 0.717) is 13.1 Å². The average molecular weight is 441 g/mol. The maximum atomic E-state index is 12.8. The summed E-state index contributed by atoms with van der Waals surface area (Å²) in [5, 5.41) is 0. The van der Waals surface area contributed by atoms with E-state index in [0.717, 1.165) is 5.56 Å². The van der Waals surface area contributed by atoms with Crippen LogP contribution in [0.4, 0.5) is 5.69 Å². The van der Waals surface area contributed by atoms with Crippen LogP contribution in [0.1, 0.15) is 32.3 Å². The zero-order valence-corrected chi connectivity index (χ0v) is 18.8. The van der Waals surface area contributed by atoms with Gasteiger partial charge in [0.1, 0.15) is 5.75 Å². The smallest absolute Gasteiger partial charge is 0.243 e. The minimum Gasteiger partial charge on any atom is -0.495 e. The van der Waals surface area contributed by atoms with Crippen LogP contribution in [-0.2, 0) is 20.0 Å². The molecule has 160 valence electrons.